The molecule has 0 fully saturated rings. The Balaban J connectivity index is 2.31. The Kier molecular flexibility index (Phi) is 5.43. The SMILES string of the molecule is COc1ccc(C(=O)Nc2ccc(I)cc2C(=O)O)cc1OC. The Morgan fingerprint density at radius 2 is 1.74 bits per heavy atom. The average molecular weight is 427 g/mol. The van der Waals surface area contributed by atoms with Gasteiger partial charge in [0.05, 0.1) is 25.5 Å². The van der Waals surface area contributed by atoms with Crippen LogP contribution in [0.25, 0.3) is 0 Å². The van der Waals surface area contributed by atoms with Crippen LogP contribution >= 0.6 is 22.6 Å². The fourth-order valence-electron chi connectivity index (χ4n) is 1.97. The van der Waals surface area contributed by atoms with Gasteiger partial charge in [-0.2, -0.15) is 0 Å². The molecule has 0 heterocycles. The summed E-state index contributed by atoms with van der Waals surface area (Å²) in [5, 5.41) is 11.8. The number of anilines is 1. The van der Waals surface area contributed by atoms with Crippen molar-refractivity contribution >= 4 is 40.2 Å². The molecule has 6 nitrogen and oxygen atoms in total. The maximum absolute atomic E-state index is 12.3. The Morgan fingerprint density at radius 1 is 1.04 bits per heavy atom. The van der Waals surface area contributed by atoms with E-state index in [1.165, 1.54) is 26.4 Å². The number of carbonyl (C=O) groups is 2. The first-order chi connectivity index (χ1) is 11.0. The molecule has 0 spiro atoms. The van der Waals surface area contributed by atoms with Crippen molar-refractivity contribution in [2.45, 2.75) is 0 Å². The zero-order chi connectivity index (χ0) is 17.0. The molecule has 2 aromatic carbocycles. The second kappa shape index (κ2) is 7.32. The smallest absolute Gasteiger partial charge is 0.337 e. The number of methoxy groups -OCH3 is 2. The van der Waals surface area contributed by atoms with Gasteiger partial charge in [0.2, 0.25) is 0 Å². The topological polar surface area (TPSA) is 84.9 Å². The number of halogens is 1. The Bertz CT molecular complexity index is 760. The third kappa shape index (κ3) is 3.92. The lowest BCUT2D eigenvalue weighted by atomic mass is 10.1. The highest BCUT2D eigenvalue weighted by atomic mass is 127. The van der Waals surface area contributed by atoms with Crippen molar-refractivity contribution in [3.8, 4) is 11.5 Å². The van der Waals surface area contributed by atoms with Gasteiger partial charge in [0.1, 0.15) is 0 Å². The third-order valence-corrected chi connectivity index (χ3v) is 3.78. The third-order valence-electron chi connectivity index (χ3n) is 3.11. The minimum absolute atomic E-state index is 0.0331. The molecular weight excluding hydrogens is 413 g/mol. The van der Waals surface area contributed by atoms with E-state index >= 15 is 0 Å². The van der Waals surface area contributed by atoms with Crippen molar-refractivity contribution in [3.05, 3.63) is 51.1 Å². The number of carboxylic acids is 1. The van der Waals surface area contributed by atoms with Crippen LogP contribution in [0.15, 0.2) is 36.4 Å². The number of benzene rings is 2. The highest BCUT2D eigenvalue weighted by Gasteiger charge is 2.15. The van der Waals surface area contributed by atoms with Gasteiger partial charge in [-0.1, -0.05) is 0 Å². The number of aromatic carboxylic acids is 1. The molecule has 7 heteroatoms. The second-order valence-corrected chi connectivity index (χ2v) is 5.76. The second-order valence-electron chi connectivity index (χ2n) is 4.52. The summed E-state index contributed by atoms with van der Waals surface area (Å²) >= 11 is 2.01. The number of carboxylic acid groups (broad SMARTS) is 1. The zero-order valence-electron chi connectivity index (χ0n) is 12.4. The first-order valence-corrected chi connectivity index (χ1v) is 7.60. The summed E-state index contributed by atoms with van der Waals surface area (Å²) in [4.78, 5) is 23.6. The lowest BCUT2D eigenvalue weighted by molar-refractivity contribution is 0.0698. The number of nitrogens with one attached hydrogen (secondary N) is 1. The summed E-state index contributed by atoms with van der Waals surface area (Å²) in [6, 6.07) is 9.49. The van der Waals surface area contributed by atoms with Crippen LogP contribution in [0, 0.1) is 3.57 Å². The van der Waals surface area contributed by atoms with E-state index in [2.05, 4.69) is 5.32 Å². The quantitative estimate of drug-likeness (QED) is 0.716. The summed E-state index contributed by atoms with van der Waals surface area (Å²) in [6.45, 7) is 0. The van der Waals surface area contributed by atoms with Gasteiger partial charge in [-0.25, -0.2) is 4.79 Å². The van der Waals surface area contributed by atoms with Crippen LogP contribution in [0.2, 0.25) is 0 Å². The summed E-state index contributed by atoms with van der Waals surface area (Å²) in [5.41, 5.74) is 0.598. The first-order valence-electron chi connectivity index (χ1n) is 6.52. The van der Waals surface area contributed by atoms with Crippen molar-refractivity contribution in [3.63, 3.8) is 0 Å². The monoisotopic (exact) mass is 427 g/mol. The van der Waals surface area contributed by atoms with E-state index in [0.29, 0.717) is 17.1 Å². The standard InChI is InChI=1S/C16H14INO5/c1-22-13-6-3-9(7-14(13)23-2)15(19)18-12-5-4-10(17)8-11(12)16(20)21/h3-8H,1-2H3,(H,18,19)(H,20,21). The molecule has 0 aromatic heterocycles. The molecule has 0 saturated heterocycles. The van der Waals surface area contributed by atoms with E-state index in [1.807, 2.05) is 22.6 Å². The minimum Gasteiger partial charge on any atom is -0.493 e. The Morgan fingerprint density at radius 3 is 2.35 bits per heavy atom. The van der Waals surface area contributed by atoms with Crippen LogP contribution in [0.5, 0.6) is 11.5 Å². The molecule has 2 aromatic rings. The molecule has 0 unspecified atom stereocenters. The summed E-state index contributed by atoms with van der Waals surface area (Å²) in [7, 11) is 2.98. The van der Waals surface area contributed by atoms with E-state index < -0.39 is 11.9 Å². The van der Waals surface area contributed by atoms with Crippen LogP contribution < -0.4 is 14.8 Å². The lowest BCUT2D eigenvalue weighted by Crippen LogP contribution is -2.15. The molecule has 0 atom stereocenters. The van der Waals surface area contributed by atoms with Crippen LogP contribution in [0.4, 0.5) is 5.69 Å². The van der Waals surface area contributed by atoms with Gasteiger partial charge in [-0.3, -0.25) is 4.79 Å². The van der Waals surface area contributed by atoms with Crippen molar-refractivity contribution in [2.75, 3.05) is 19.5 Å². The summed E-state index contributed by atoms with van der Waals surface area (Å²) in [5.74, 6) is -0.619. The maximum Gasteiger partial charge on any atom is 0.337 e. The van der Waals surface area contributed by atoms with Crippen LogP contribution in [-0.2, 0) is 0 Å². The maximum atomic E-state index is 12.3. The van der Waals surface area contributed by atoms with Gasteiger partial charge in [-0.05, 0) is 59.0 Å². The molecule has 0 aliphatic carbocycles. The summed E-state index contributed by atoms with van der Waals surface area (Å²) in [6.07, 6.45) is 0. The van der Waals surface area contributed by atoms with Crippen molar-refractivity contribution in [2.24, 2.45) is 0 Å². The van der Waals surface area contributed by atoms with Crippen LogP contribution in [-0.4, -0.2) is 31.2 Å². The number of hydrogen-bond acceptors (Lipinski definition) is 4. The average Bonchev–Trinajstić information content (AvgIpc) is 2.55. The summed E-state index contributed by atoms with van der Waals surface area (Å²) < 4.78 is 11.0. The lowest BCUT2D eigenvalue weighted by Gasteiger charge is -2.11. The molecule has 0 saturated carbocycles. The Labute approximate surface area is 146 Å². The van der Waals surface area contributed by atoms with Gasteiger partial charge in [0.15, 0.2) is 11.5 Å². The number of amides is 1. The van der Waals surface area contributed by atoms with Gasteiger partial charge in [0, 0.05) is 9.13 Å². The van der Waals surface area contributed by atoms with E-state index in [-0.39, 0.29) is 11.3 Å². The number of ether oxygens (including phenoxy) is 2. The predicted octanol–water partition coefficient (Wildman–Crippen LogP) is 3.26. The molecular formula is C16H14INO5. The van der Waals surface area contributed by atoms with Crippen LogP contribution in [0.3, 0.4) is 0 Å². The van der Waals surface area contributed by atoms with Gasteiger partial charge >= 0.3 is 5.97 Å². The van der Waals surface area contributed by atoms with Crippen LogP contribution in [0.1, 0.15) is 20.7 Å². The van der Waals surface area contributed by atoms with E-state index in [9.17, 15) is 14.7 Å². The highest BCUT2D eigenvalue weighted by molar-refractivity contribution is 14.1. The fourth-order valence-corrected chi connectivity index (χ4v) is 2.47. The molecule has 0 aliphatic heterocycles. The first kappa shape index (κ1) is 17.1. The Hall–Kier alpha value is -2.29. The largest absolute Gasteiger partial charge is 0.493 e. The minimum atomic E-state index is -1.11. The molecule has 0 bridgehead atoms. The van der Waals surface area contributed by atoms with Crippen molar-refractivity contribution in [1.82, 2.24) is 0 Å². The van der Waals surface area contributed by atoms with Gasteiger partial charge in [-0.15, -0.1) is 0 Å². The molecule has 2 rings (SSSR count). The fraction of sp³-hybridized carbons (Fsp3) is 0.125. The van der Waals surface area contributed by atoms with Crippen molar-refractivity contribution in [1.29, 1.82) is 0 Å². The van der Waals surface area contributed by atoms with E-state index in [1.54, 1.807) is 24.3 Å². The molecule has 0 aliphatic rings. The van der Waals surface area contributed by atoms with Crippen molar-refractivity contribution < 1.29 is 24.2 Å². The normalized spacial score (nSPS) is 10.0. The number of rotatable bonds is 5. The van der Waals surface area contributed by atoms with E-state index in [0.717, 1.165) is 3.57 Å². The molecule has 2 N–H and O–H groups in total. The molecule has 23 heavy (non-hydrogen) atoms. The number of hydrogen-bond donors (Lipinski definition) is 2. The zero-order valence-corrected chi connectivity index (χ0v) is 14.6. The van der Waals surface area contributed by atoms with Gasteiger partial charge < -0.3 is 19.9 Å². The molecule has 0 radical (unpaired) electrons. The predicted molar refractivity (Wildman–Crippen MR) is 93.6 cm³/mol. The molecule has 120 valence electrons. The molecule has 1 amide bonds. The van der Waals surface area contributed by atoms with E-state index in [4.69, 9.17) is 9.47 Å². The number of carbonyl (C=O) groups excluding carboxylic acids is 1. The highest BCUT2D eigenvalue weighted by Crippen LogP contribution is 2.28. The van der Waals surface area contributed by atoms with Gasteiger partial charge in [0.25, 0.3) is 5.91 Å².